The van der Waals surface area contributed by atoms with Gasteiger partial charge in [-0.15, -0.1) is 0 Å². The van der Waals surface area contributed by atoms with Crippen LogP contribution in [0.4, 0.5) is 0 Å². The Bertz CT molecular complexity index is 553. The lowest BCUT2D eigenvalue weighted by Gasteiger charge is -2.23. The summed E-state index contributed by atoms with van der Waals surface area (Å²) < 4.78 is 22.1. The number of sulfone groups is 1. The van der Waals surface area contributed by atoms with Crippen molar-refractivity contribution in [2.45, 2.75) is 31.1 Å². The summed E-state index contributed by atoms with van der Waals surface area (Å²) >= 11 is 0. The van der Waals surface area contributed by atoms with Crippen molar-refractivity contribution in [2.24, 2.45) is 5.73 Å². The molecule has 0 saturated carbocycles. The molecule has 1 aromatic rings. The van der Waals surface area contributed by atoms with Gasteiger partial charge in [-0.2, -0.15) is 0 Å². The topological polar surface area (TPSA) is 89.3 Å². The van der Waals surface area contributed by atoms with Gasteiger partial charge in [0.2, 0.25) is 5.91 Å². The summed E-state index contributed by atoms with van der Waals surface area (Å²) in [4.78, 5) is 11.9. The van der Waals surface area contributed by atoms with Crippen LogP contribution in [0.1, 0.15) is 19.4 Å². The molecule has 1 atom stereocenters. The Morgan fingerprint density at radius 1 is 1.30 bits per heavy atom. The number of nitrogens with one attached hydrogen (secondary N) is 1. The van der Waals surface area contributed by atoms with Gasteiger partial charge in [0.15, 0.2) is 9.84 Å². The van der Waals surface area contributed by atoms with Gasteiger partial charge in [-0.1, -0.05) is 30.3 Å². The number of hydrogen-bond donors (Lipinski definition) is 2. The second kappa shape index (κ2) is 6.37. The molecule has 0 aromatic heterocycles. The van der Waals surface area contributed by atoms with Gasteiger partial charge in [-0.3, -0.25) is 4.79 Å². The molecule has 0 radical (unpaired) electrons. The second-order valence-corrected chi connectivity index (χ2v) is 8.20. The first kappa shape index (κ1) is 16.7. The van der Waals surface area contributed by atoms with Crippen LogP contribution >= 0.6 is 0 Å². The quantitative estimate of drug-likeness (QED) is 0.800. The van der Waals surface area contributed by atoms with Gasteiger partial charge in [-0.05, 0) is 25.8 Å². The number of carbonyl (C=O) groups is 1. The minimum Gasteiger partial charge on any atom is -0.353 e. The lowest BCUT2D eigenvalue weighted by atomic mass is 10.1. The largest absolute Gasteiger partial charge is 0.353 e. The highest BCUT2D eigenvalue weighted by Gasteiger charge is 2.31. The van der Waals surface area contributed by atoms with E-state index in [4.69, 9.17) is 5.73 Å². The fourth-order valence-corrected chi connectivity index (χ4v) is 1.86. The van der Waals surface area contributed by atoms with Gasteiger partial charge < -0.3 is 11.1 Å². The van der Waals surface area contributed by atoms with Crippen LogP contribution in [0.25, 0.3) is 0 Å². The highest BCUT2D eigenvalue weighted by Crippen LogP contribution is 2.13. The maximum Gasteiger partial charge on any atom is 0.237 e. The van der Waals surface area contributed by atoms with Crippen LogP contribution < -0.4 is 11.1 Å². The maximum atomic E-state index is 11.9. The van der Waals surface area contributed by atoms with Crippen molar-refractivity contribution in [1.82, 2.24) is 5.32 Å². The van der Waals surface area contributed by atoms with E-state index in [0.717, 1.165) is 11.8 Å². The Morgan fingerprint density at radius 2 is 1.85 bits per heavy atom. The zero-order valence-electron chi connectivity index (χ0n) is 12.1. The Balaban J connectivity index is 2.55. The smallest absolute Gasteiger partial charge is 0.237 e. The number of rotatable bonds is 6. The van der Waals surface area contributed by atoms with Gasteiger partial charge in [0.1, 0.15) is 0 Å². The summed E-state index contributed by atoms with van der Waals surface area (Å²) in [5.41, 5.74) is 6.80. The SMILES string of the molecule is CC(C)(CNC(=O)C(N)Cc1ccccc1)S(C)(=O)=O. The van der Waals surface area contributed by atoms with Crippen LogP contribution in [-0.4, -0.2) is 37.9 Å². The molecule has 0 saturated heterocycles. The van der Waals surface area contributed by atoms with Gasteiger partial charge in [0.25, 0.3) is 0 Å². The van der Waals surface area contributed by atoms with Crippen LogP contribution in [0.5, 0.6) is 0 Å². The van der Waals surface area contributed by atoms with Crippen LogP contribution in [0, 0.1) is 0 Å². The number of amides is 1. The molecule has 0 spiro atoms. The summed E-state index contributed by atoms with van der Waals surface area (Å²) in [5.74, 6) is -0.342. The van der Waals surface area contributed by atoms with Crippen LogP contribution in [0.3, 0.4) is 0 Å². The average molecular weight is 298 g/mol. The van der Waals surface area contributed by atoms with E-state index in [0.29, 0.717) is 6.42 Å². The Kier molecular flexibility index (Phi) is 5.30. The molecule has 0 aliphatic rings. The fourth-order valence-electron chi connectivity index (χ4n) is 1.52. The summed E-state index contributed by atoms with van der Waals surface area (Å²) in [7, 11) is -3.24. The minimum atomic E-state index is -3.24. The third-order valence-corrected chi connectivity index (χ3v) is 5.48. The van der Waals surface area contributed by atoms with Crippen molar-refractivity contribution >= 4 is 15.7 Å². The monoisotopic (exact) mass is 298 g/mol. The molecule has 20 heavy (non-hydrogen) atoms. The minimum absolute atomic E-state index is 0.0488. The maximum absolute atomic E-state index is 11.9. The van der Waals surface area contributed by atoms with Crippen molar-refractivity contribution < 1.29 is 13.2 Å². The molecule has 3 N–H and O–H groups in total. The molecule has 0 aliphatic heterocycles. The molecule has 0 aliphatic carbocycles. The molecular formula is C14H22N2O3S. The summed E-state index contributed by atoms with van der Waals surface area (Å²) in [6.45, 7) is 3.20. The lowest BCUT2D eigenvalue weighted by Crippen LogP contribution is -2.49. The highest BCUT2D eigenvalue weighted by molar-refractivity contribution is 7.92. The molecule has 0 bridgehead atoms. The predicted molar refractivity (Wildman–Crippen MR) is 80.1 cm³/mol. The van der Waals surface area contributed by atoms with Crippen molar-refractivity contribution in [3.63, 3.8) is 0 Å². The molecule has 1 aromatic carbocycles. The van der Waals surface area contributed by atoms with E-state index >= 15 is 0 Å². The molecule has 1 rings (SSSR count). The third-order valence-electron chi connectivity index (χ3n) is 3.33. The van der Waals surface area contributed by atoms with Crippen molar-refractivity contribution in [3.8, 4) is 0 Å². The number of hydrogen-bond acceptors (Lipinski definition) is 4. The molecule has 0 fully saturated rings. The summed E-state index contributed by atoms with van der Waals surface area (Å²) in [6, 6.07) is 8.76. The molecule has 112 valence electrons. The highest BCUT2D eigenvalue weighted by atomic mass is 32.2. The van der Waals surface area contributed by atoms with E-state index < -0.39 is 20.6 Å². The molecule has 1 unspecified atom stereocenters. The molecule has 0 heterocycles. The average Bonchev–Trinajstić information content (AvgIpc) is 2.35. The summed E-state index contributed by atoms with van der Waals surface area (Å²) in [5, 5.41) is 2.61. The number of benzene rings is 1. The number of carbonyl (C=O) groups excluding carboxylic acids is 1. The lowest BCUT2D eigenvalue weighted by molar-refractivity contribution is -0.122. The summed E-state index contributed by atoms with van der Waals surface area (Å²) in [6.07, 6.45) is 1.58. The van der Waals surface area contributed by atoms with E-state index in [9.17, 15) is 13.2 Å². The molecule has 5 nitrogen and oxygen atoms in total. The molecular weight excluding hydrogens is 276 g/mol. The van der Waals surface area contributed by atoms with Crippen molar-refractivity contribution in [3.05, 3.63) is 35.9 Å². The Morgan fingerprint density at radius 3 is 2.35 bits per heavy atom. The fraction of sp³-hybridized carbons (Fsp3) is 0.500. The molecule has 6 heteroatoms. The van der Waals surface area contributed by atoms with Gasteiger partial charge in [-0.25, -0.2) is 8.42 Å². The normalized spacial score (nSPS) is 13.8. The van der Waals surface area contributed by atoms with Crippen molar-refractivity contribution in [2.75, 3.05) is 12.8 Å². The van der Waals surface area contributed by atoms with Crippen molar-refractivity contribution in [1.29, 1.82) is 0 Å². The predicted octanol–water partition coefficient (Wildman–Crippen LogP) is 0.496. The Hall–Kier alpha value is -1.40. The first-order chi connectivity index (χ1) is 9.13. The van der Waals surface area contributed by atoms with Gasteiger partial charge in [0.05, 0.1) is 10.8 Å². The standard InChI is InChI=1S/C14H22N2O3S/c1-14(2,20(3,18)19)10-16-13(17)12(15)9-11-7-5-4-6-8-11/h4-8,12H,9-10,15H2,1-3H3,(H,16,17). The van der Waals surface area contributed by atoms with E-state index in [1.165, 1.54) is 0 Å². The van der Waals surface area contributed by atoms with Gasteiger partial charge in [0, 0.05) is 12.8 Å². The van der Waals surface area contributed by atoms with Gasteiger partial charge >= 0.3 is 0 Å². The zero-order valence-corrected chi connectivity index (χ0v) is 12.9. The van der Waals surface area contributed by atoms with Crippen LogP contribution in [0.15, 0.2) is 30.3 Å². The van der Waals surface area contributed by atoms with E-state index in [1.807, 2.05) is 30.3 Å². The van der Waals surface area contributed by atoms with Crippen LogP contribution in [-0.2, 0) is 21.1 Å². The van der Waals surface area contributed by atoms with E-state index in [-0.39, 0.29) is 12.5 Å². The van der Waals surface area contributed by atoms with E-state index in [1.54, 1.807) is 13.8 Å². The zero-order chi connectivity index (χ0) is 15.4. The first-order valence-electron chi connectivity index (χ1n) is 6.40. The van der Waals surface area contributed by atoms with Crippen LogP contribution in [0.2, 0.25) is 0 Å². The van der Waals surface area contributed by atoms with E-state index in [2.05, 4.69) is 5.32 Å². The first-order valence-corrected chi connectivity index (χ1v) is 8.29. The second-order valence-electron chi connectivity index (χ2n) is 5.55. The molecule has 1 amide bonds. The Labute approximate surface area is 120 Å². The third kappa shape index (κ3) is 4.61. The number of nitrogens with two attached hydrogens (primary N) is 1.